The average molecular weight is 265 g/mol. The number of hydrogen-bond acceptors (Lipinski definition) is 4. The number of Topliss-reactive ketones (excluding diaryl/α,β-unsaturated/α-hetero) is 1. The maximum Gasteiger partial charge on any atom is 0.355 e. The SMILES string of the molecule is CC(=O)c1cc(C(=O)OC[C@H]2CC[C@@H](C)O2)n(C)c1. The van der Waals surface area contributed by atoms with Crippen LogP contribution in [0.5, 0.6) is 0 Å². The summed E-state index contributed by atoms with van der Waals surface area (Å²) in [6.07, 6.45) is 3.78. The van der Waals surface area contributed by atoms with Gasteiger partial charge in [0.25, 0.3) is 0 Å². The molecule has 0 bridgehead atoms. The third-order valence-corrected chi connectivity index (χ3v) is 3.34. The van der Waals surface area contributed by atoms with Crippen molar-refractivity contribution in [3.8, 4) is 0 Å². The first-order chi connectivity index (χ1) is 8.97. The number of nitrogens with zero attached hydrogens (tertiary/aromatic N) is 1. The van der Waals surface area contributed by atoms with Crippen LogP contribution < -0.4 is 0 Å². The van der Waals surface area contributed by atoms with Crippen LogP contribution in [0.4, 0.5) is 0 Å². The van der Waals surface area contributed by atoms with E-state index in [4.69, 9.17) is 9.47 Å². The third kappa shape index (κ3) is 3.23. The Labute approximate surface area is 112 Å². The quantitative estimate of drug-likeness (QED) is 0.616. The van der Waals surface area contributed by atoms with Crippen LogP contribution in [-0.4, -0.2) is 35.1 Å². The van der Waals surface area contributed by atoms with E-state index in [1.807, 2.05) is 6.92 Å². The molecule has 5 nitrogen and oxygen atoms in total. The average Bonchev–Trinajstić information content (AvgIpc) is 2.92. The van der Waals surface area contributed by atoms with Crippen molar-refractivity contribution in [1.29, 1.82) is 0 Å². The van der Waals surface area contributed by atoms with Crippen LogP contribution in [0.15, 0.2) is 12.3 Å². The van der Waals surface area contributed by atoms with Gasteiger partial charge in [0.05, 0.1) is 12.2 Å². The highest BCUT2D eigenvalue weighted by atomic mass is 16.6. The summed E-state index contributed by atoms with van der Waals surface area (Å²) in [5.74, 6) is -0.485. The van der Waals surface area contributed by atoms with Crippen molar-refractivity contribution in [3.63, 3.8) is 0 Å². The molecule has 1 aliphatic rings. The number of ether oxygens (including phenoxy) is 2. The normalized spacial score (nSPS) is 22.5. The molecule has 1 aromatic rings. The van der Waals surface area contributed by atoms with E-state index in [-0.39, 0.29) is 24.6 Å². The van der Waals surface area contributed by atoms with Gasteiger partial charge >= 0.3 is 5.97 Å². The molecule has 0 radical (unpaired) electrons. The van der Waals surface area contributed by atoms with Gasteiger partial charge in [0.2, 0.25) is 0 Å². The first-order valence-corrected chi connectivity index (χ1v) is 6.47. The largest absolute Gasteiger partial charge is 0.458 e. The first kappa shape index (κ1) is 13.8. The minimum atomic E-state index is -0.418. The Morgan fingerprint density at radius 3 is 2.74 bits per heavy atom. The molecule has 0 saturated carbocycles. The molecule has 0 unspecified atom stereocenters. The van der Waals surface area contributed by atoms with E-state index in [2.05, 4.69) is 0 Å². The summed E-state index contributed by atoms with van der Waals surface area (Å²) in [7, 11) is 1.72. The van der Waals surface area contributed by atoms with Gasteiger partial charge in [-0.05, 0) is 32.8 Å². The van der Waals surface area contributed by atoms with E-state index < -0.39 is 5.97 Å². The second-order valence-electron chi connectivity index (χ2n) is 5.03. The zero-order valence-corrected chi connectivity index (χ0v) is 11.5. The van der Waals surface area contributed by atoms with E-state index in [1.165, 1.54) is 6.92 Å². The van der Waals surface area contributed by atoms with Gasteiger partial charge in [0, 0.05) is 18.8 Å². The van der Waals surface area contributed by atoms with Gasteiger partial charge in [-0.25, -0.2) is 4.79 Å². The smallest absolute Gasteiger partial charge is 0.355 e. The monoisotopic (exact) mass is 265 g/mol. The summed E-state index contributed by atoms with van der Waals surface area (Å²) < 4.78 is 12.4. The van der Waals surface area contributed by atoms with Crippen molar-refractivity contribution < 1.29 is 19.1 Å². The Morgan fingerprint density at radius 1 is 1.47 bits per heavy atom. The lowest BCUT2D eigenvalue weighted by molar-refractivity contribution is -0.00319. The summed E-state index contributed by atoms with van der Waals surface area (Å²) in [6.45, 7) is 3.75. The van der Waals surface area contributed by atoms with Crippen molar-refractivity contribution in [1.82, 2.24) is 4.57 Å². The molecule has 0 aliphatic carbocycles. The van der Waals surface area contributed by atoms with Crippen LogP contribution in [0.25, 0.3) is 0 Å². The number of carbonyl (C=O) groups is 2. The zero-order chi connectivity index (χ0) is 14.0. The molecule has 1 aromatic heterocycles. The van der Waals surface area contributed by atoms with E-state index in [1.54, 1.807) is 23.9 Å². The summed E-state index contributed by atoms with van der Waals surface area (Å²) in [4.78, 5) is 23.2. The van der Waals surface area contributed by atoms with Crippen LogP contribution in [-0.2, 0) is 16.5 Å². The Bertz CT molecular complexity index is 492. The van der Waals surface area contributed by atoms with Gasteiger partial charge in [-0.15, -0.1) is 0 Å². The second kappa shape index (κ2) is 5.57. The molecule has 2 heterocycles. The van der Waals surface area contributed by atoms with Gasteiger partial charge < -0.3 is 14.0 Å². The lowest BCUT2D eigenvalue weighted by Gasteiger charge is -2.11. The highest BCUT2D eigenvalue weighted by Crippen LogP contribution is 2.19. The van der Waals surface area contributed by atoms with Crippen LogP contribution in [0.3, 0.4) is 0 Å². The van der Waals surface area contributed by atoms with E-state index in [0.717, 1.165) is 12.8 Å². The zero-order valence-electron chi connectivity index (χ0n) is 11.5. The van der Waals surface area contributed by atoms with Gasteiger partial charge in [0.15, 0.2) is 5.78 Å². The molecular weight excluding hydrogens is 246 g/mol. The van der Waals surface area contributed by atoms with Crippen LogP contribution in [0.2, 0.25) is 0 Å². The van der Waals surface area contributed by atoms with E-state index in [0.29, 0.717) is 11.3 Å². The van der Waals surface area contributed by atoms with Crippen LogP contribution in [0.1, 0.15) is 47.5 Å². The van der Waals surface area contributed by atoms with E-state index >= 15 is 0 Å². The molecule has 1 aliphatic heterocycles. The molecule has 0 amide bonds. The molecule has 0 spiro atoms. The molecule has 2 atom stereocenters. The molecule has 19 heavy (non-hydrogen) atoms. The standard InChI is InChI=1S/C14H19NO4/c1-9-4-5-12(19-9)8-18-14(17)13-6-11(10(2)16)7-15(13)3/h6-7,9,12H,4-5,8H2,1-3H3/t9-,12-/m1/s1. The minimum absolute atomic E-state index is 0.00787. The predicted octanol–water partition coefficient (Wildman–Crippen LogP) is 1.95. The van der Waals surface area contributed by atoms with Gasteiger partial charge in [-0.1, -0.05) is 0 Å². The molecule has 104 valence electrons. The van der Waals surface area contributed by atoms with Crippen LogP contribution >= 0.6 is 0 Å². The number of aryl methyl sites for hydroxylation is 1. The fourth-order valence-electron chi connectivity index (χ4n) is 2.21. The molecular formula is C14H19NO4. The molecule has 1 saturated heterocycles. The Morgan fingerprint density at radius 2 is 2.21 bits per heavy atom. The first-order valence-electron chi connectivity index (χ1n) is 6.47. The minimum Gasteiger partial charge on any atom is -0.458 e. The topological polar surface area (TPSA) is 57.5 Å². The second-order valence-corrected chi connectivity index (χ2v) is 5.03. The lowest BCUT2D eigenvalue weighted by atomic mass is 10.2. The number of carbonyl (C=O) groups excluding carboxylic acids is 2. The maximum atomic E-state index is 11.9. The Kier molecular flexibility index (Phi) is 4.04. The van der Waals surface area contributed by atoms with Crippen LogP contribution in [0, 0.1) is 0 Å². The van der Waals surface area contributed by atoms with Gasteiger partial charge in [-0.3, -0.25) is 4.79 Å². The predicted molar refractivity (Wildman–Crippen MR) is 69.3 cm³/mol. The number of esters is 1. The highest BCUT2D eigenvalue weighted by molar-refractivity contribution is 5.97. The fourth-order valence-corrected chi connectivity index (χ4v) is 2.21. The van der Waals surface area contributed by atoms with E-state index in [9.17, 15) is 9.59 Å². The summed E-state index contributed by atoms with van der Waals surface area (Å²) in [6, 6.07) is 1.56. The van der Waals surface area contributed by atoms with Gasteiger partial charge in [-0.2, -0.15) is 0 Å². The number of hydrogen-bond donors (Lipinski definition) is 0. The molecule has 0 N–H and O–H groups in total. The van der Waals surface area contributed by atoms with Crippen molar-refractivity contribution >= 4 is 11.8 Å². The Balaban J connectivity index is 1.94. The molecule has 0 aromatic carbocycles. The Hall–Kier alpha value is -1.62. The lowest BCUT2D eigenvalue weighted by Crippen LogP contribution is -2.20. The number of rotatable bonds is 4. The molecule has 1 fully saturated rings. The van der Waals surface area contributed by atoms with Crippen molar-refractivity contribution in [2.75, 3.05) is 6.61 Å². The summed E-state index contributed by atoms with van der Waals surface area (Å²) in [5, 5.41) is 0. The molecule has 2 rings (SSSR count). The third-order valence-electron chi connectivity index (χ3n) is 3.34. The van der Waals surface area contributed by atoms with Crippen molar-refractivity contribution in [2.24, 2.45) is 7.05 Å². The summed E-state index contributed by atoms with van der Waals surface area (Å²) >= 11 is 0. The number of aromatic nitrogens is 1. The number of ketones is 1. The van der Waals surface area contributed by atoms with Crippen molar-refractivity contribution in [2.45, 2.75) is 38.9 Å². The van der Waals surface area contributed by atoms with Crippen molar-refractivity contribution in [3.05, 3.63) is 23.5 Å². The maximum absolute atomic E-state index is 11.9. The summed E-state index contributed by atoms with van der Waals surface area (Å²) in [5.41, 5.74) is 0.899. The fraction of sp³-hybridized carbons (Fsp3) is 0.571. The molecule has 5 heteroatoms. The van der Waals surface area contributed by atoms with Gasteiger partial charge in [0.1, 0.15) is 12.3 Å². The highest BCUT2D eigenvalue weighted by Gasteiger charge is 2.24.